The number of nitrogens with one attached hydrogen (secondary N) is 1. The molecule has 2 aromatic carbocycles. The average molecular weight is 388 g/mol. The summed E-state index contributed by atoms with van der Waals surface area (Å²) in [6.07, 6.45) is 0. The summed E-state index contributed by atoms with van der Waals surface area (Å²) >= 11 is 6.51. The molecule has 27 heavy (non-hydrogen) atoms. The number of hydrogen-bond acceptors (Lipinski definition) is 4. The maximum atomic E-state index is 13.1. The van der Waals surface area contributed by atoms with Gasteiger partial charge in [-0.05, 0) is 48.9 Å². The number of halogens is 2. The lowest BCUT2D eigenvalue weighted by molar-refractivity contribution is 0.171. The van der Waals surface area contributed by atoms with Crippen LogP contribution < -0.4 is 14.8 Å². The summed E-state index contributed by atoms with van der Waals surface area (Å²) < 4.78 is 25.9. The summed E-state index contributed by atoms with van der Waals surface area (Å²) in [5.74, 6) is 1.27. The number of fused-ring (bicyclic) bond motifs is 1. The lowest BCUT2D eigenvalue weighted by Crippen LogP contribution is -2.17. The predicted octanol–water partition coefficient (Wildman–Crippen LogP) is 4.03. The molecule has 0 radical (unpaired) electrons. The van der Waals surface area contributed by atoms with Crippen molar-refractivity contribution in [1.82, 2.24) is 15.1 Å². The van der Waals surface area contributed by atoms with Crippen molar-refractivity contribution in [3.8, 4) is 17.2 Å². The number of rotatable bonds is 5. The summed E-state index contributed by atoms with van der Waals surface area (Å²) in [4.78, 5) is 0. The molecule has 0 saturated carbocycles. The molecule has 3 aromatic rings. The zero-order chi connectivity index (χ0) is 18.8. The Morgan fingerprint density at radius 2 is 1.81 bits per heavy atom. The van der Waals surface area contributed by atoms with Crippen molar-refractivity contribution >= 4 is 11.6 Å². The fourth-order valence-corrected chi connectivity index (χ4v) is 3.35. The van der Waals surface area contributed by atoms with Crippen molar-refractivity contribution in [3.63, 3.8) is 0 Å². The van der Waals surface area contributed by atoms with Gasteiger partial charge in [0, 0.05) is 18.7 Å². The lowest BCUT2D eigenvalue weighted by atomic mass is 10.2. The van der Waals surface area contributed by atoms with Crippen molar-refractivity contribution in [3.05, 3.63) is 70.3 Å². The zero-order valence-electron chi connectivity index (χ0n) is 14.8. The highest BCUT2D eigenvalue weighted by atomic mass is 35.5. The van der Waals surface area contributed by atoms with E-state index in [0.29, 0.717) is 31.5 Å². The summed E-state index contributed by atoms with van der Waals surface area (Å²) in [5, 5.41) is 8.39. The molecule has 1 aliphatic rings. The largest absolute Gasteiger partial charge is 0.486 e. The van der Waals surface area contributed by atoms with E-state index in [1.807, 2.05) is 25.1 Å². The molecule has 1 N–H and O–H groups in total. The summed E-state index contributed by atoms with van der Waals surface area (Å²) in [6, 6.07) is 12.0. The smallest absolute Gasteiger partial charge is 0.161 e. The van der Waals surface area contributed by atoms with Crippen LogP contribution in [0.25, 0.3) is 5.69 Å². The summed E-state index contributed by atoms with van der Waals surface area (Å²) in [7, 11) is 0. The van der Waals surface area contributed by atoms with E-state index in [4.69, 9.17) is 21.1 Å². The maximum Gasteiger partial charge on any atom is 0.161 e. The van der Waals surface area contributed by atoms with Gasteiger partial charge in [-0.25, -0.2) is 9.07 Å². The van der Waals surface area contributed by atoms with Gasteiger partial charge < -0.3 is 14.8 Å². The van der Waals surface area contributed by atoms with E-state index in [0.717, 1.165) is 34.0 Å². The maximum absolute atomic E-state index is 13.1. The molecular weight excluding hydrogens is 369 g/mol. The van der Waals surface area contributed by atoms with Crippen LogP contribution >= 0.6 is 11.6 Å². The zero-order valence-corrected chi connectivity index (χ0v) is 15.6. The molecule has 1 aromatic heterocycles. The first kappa shape index (κ1) is 17.8. The van der Waals surface area contributed by atoms with Crippen molar-refractivity contribution in [2.24, 2.45) is 0 Å². The topological polar surface area (TPSA) is 48.3 Å². The Kier molecular flexibility index (Phi) is 5.01. The van der Waals surface area contributed by atoms with Crippen molar-refractivity contribution < 1.29 is 13.9 Å². The highest BCUT2D eigenvalue weighted by Gasteiger charge is 2.15. The van der Waals surface area contributed by atoms with Gasteiger partial charge in [0.2, 0.25) is 0 Å². The Morgan fingerprint density at radius 3 is 2.59 bits per heavy atom. The molecule has 7 heteroatoms. The van der Waals surface area contributed by atoms with Gasteiger partial charge >= 0.3 is 0 Å². The summed E-state index contributed by atoms with van der Waals surface area (Å²) in [6.45, 7) is 4.29. The molecule has 5 nitrogen and oxygen atoms in total. The van der Waals surface area contributed by atoms with Gasteiger partial charge in [0.25, 0.3) is 0 Å². The highest BCUT2D eigenvalue weighted by Crippen LogP contribution is 2.30. The highest BCUT2D eigenvalue weighted by molar-refractivity contribution is 6.30. The molecule has 0 bridgehead atoms. The number of benzene rings is 2. The Labute approximate surface area is 161 Å². The first-order valence-electron chi connectivity index (χ1n) is 8.71. The lowest BCUT2D eigenvalue weighted by Gasteiger charge is -2.19. The number of ether oxygens (including phenoxy) is 2. The van der Waals surface area contributed by atoms with Crippen molar-refractivity contribution in [2.75, 3.05) is 13.2 Å². The Bertz CT molecular complexity index is 957. The van der Waals surface area contributed by atoms with Crippen LogP contribution in [-0.2, 0) is 13.1 Å². The van der Waals surface area contributed by atoms with Crippen LogP contribution in [0.4, 0.5) is 4.39 Å². The van der Waals surface area contributed by atoms with Gasteiger partial charge in [-0.3, -0.25) is 0 Å². The number of aromatic nitrogens is 2. The number of aryl methyl sites for hydroxylation is 1. The molecule has 0 unspecified atom stereocenters. The quantitative estimate of drug-likeness (QED) is 0.718. The third-order valence-electron chi connectivity index (χ3n) is 4.43. The van der Waals surface area contributed by atoms with Crippen molar-refractivity contribution in [2.45, 2.75) is 20.0 Å². The first-order chi connectivity index (χ1) is 13.1. The third-order valence-corrected chi connectivity index (χ3v) is 4.82. The van der Waals surface area contributed by atoms with E-state index in [1.165, 1.54) is 12.1 Å². The number of hydrogen-bond donors (Lipinski definition) is 1. The normalized spacial score (nSPS) is 13.0. The van der Waals surface area contributed by atoms with Crippen LogP contribution in [0.3, 0.4) is 0 Å². The van der Waals surface area contributed by atoms with E-state index in [1.54, 1.807) is 16.8 Å². The molecule has 2 heterocycles. The van der Waals surface area contributed by atoms with Gasteiger partial charge in [-0.2, -0.15) is 5.10 Å². The summed E-state index contributed by atoms with van der Waals surface area (Å²) in [5.41, 5.74) is 3.57. The van der Waals surface area contributed by atoms with E-state index in [9.17, 15) is 4.39 Å². The molecule has 0 spiro atoms. The average Bonchev–Trinajstić information content (AvgIpc) is 2.97. The van der Waals surface area contributed by atoms with Gasteiger partial charge in [-0.15, -0.1) is 0 Å². The molecular formula is C20H19ClFN3O2. The third kappa shape index (κ3) is 3.77. The number of nitrogens with zero attached hydrogens (tertiary/aromatic N) is 2. The van der Waals surface area contributed by atoms with Gasteiger partial charge in [0.05, 0.1) is 11.4 Å². The van der Waals surface area contributed by atoms with E-state index in [2.05, 4.69) is 10.4 Å². The van der Waals surface area contributed by atoms with Crippen LogP contribution in [0.15, 0.2) is 42.5 Å². The van der Waals surface area contributed by atoms with Crippen LogP contribution in [-0.4, -0.2) is 23.0 Å². The minimum atomic E-state index is -0.292. The monoisotopic (exact) mass is 387 g/mol. The standard InChI is InChI=1S/C20H19ClFN3O2/c1-13-17(20(21)25(24-13)16-5-3-15(22)4-6-16)12-23-11-14-2-7-18-19(10-14)27-9-8-26-18/h2-7,10,23H,8-9,11-12H2,1H3. The fraction of sp³-hybridized carbons (Fsp3) is 0.250. The SMILES string of the molecule is Cc1nn(-c2ccc(F)cc2)c(Cl)c1CNCc1ccc2c(c1)OCCO2. The van der Waals surface area contributed by atoms with Gasteiger partial charge in [0.15, 0.2) is 11.5 Å². The molecule has 0 amide bonds. The van der Waals surface area contributed by atoms with Crippen LogP contribution in [0, 0.1) is 12.7 Å². The Morgan fingerprint density at radius 1 is 1.07 bits per heavy atom. The molecule has 140 valence electrons. The first-order valence-corrected chi connectivity index (χ1v) is 9.09. The fourth-order valence-electron chi connectivity index (χ4n) is 3.02. The second-order valence-electron chi connectivity index (χ2n) is 6.32. The van der Waals surface area contributed by atoms with Crippen LogP contribution in [0.5, 0.6) is 11.5 Å². The van der Waals surface area contributed by atoms with E-state index in [-0.39, 0.29) is 5.82 Å². The van der Waals surface area contributed by atoms with E-state index < -0.39 is 0 Å². The Balaban J connectivity index is 1.45. The minimum absolute atomic E-state index is 0.292. The van der Waals surface area contributed by atoms with Gasteiger partial charge in [0.1, 0.15) is 24.2 Å². The van der Waals surface area contributed by atoms with E-state index >= 15 is 0 Å². The molecule has 0 atom stereocenters. The van der Waals surface area contributed by atoms with Crippen molar-refractivity contribution in [1.29, 1.82) is 0 Å². The van der Waals surface area contributed by atoms with Gasteiger partial charge in [-0.1, -0.05) is 17.7 Å². The minimum Gasteiger partial charge on any atom is -0.486 e. The molecule has 0 fully saturated rings. The van der Waals surface area contributed by atoms with Crippen LogP contribution in [0.1, 0.15) is 16.8 Å². The second kappa shape index (κ2) is 7.58. The molecule has 0 saturated heterocycles. The second-order valence-corrected chi connectivity index (χ2v) is 6.68. The molecule has 4 rings (SSSR count). The molecule has 0 aliphatic carbocycles. The molecule has 1 aliphatic heterocycles. The van der Waals surface area contributed by atoms with Crippen LogP contribution in [0.2, 0.25) is 5.15 Å². The Hall–Kier alpha value is -2.57. The predicted molar refractivity (Wildman–Crippen MR) is 101 cm³/mol.